The summed E-state index contributed by atoms with van der Waals surface area (Å²) < 4.78 is 43.6. The van der Waals surface area contributed by atoms with Gasteiger partial charge in [-0.2, -0.15) is 18.2 Å². The molecule has 0 aliphatic heterocycles. The number of aryl methyl sites for hydroxylation is 1. The van der Waals surface area contributed by atoms with Gasteiger partial charge in [0.25, 0.3) is 0 Å². The summed E-state index contributed by atoms with van der Waals surface area (Å²) in [6.45, 7) is 2.13. The largest absolute Gasteiger partial charge is 0.477 e. The molecule has 21 heavy (non-hydrogen) atoms. The topological polar surface area (TPSA) is 47.0 Å². The Morgan fingerprint density at radius 2 is 2.10 bits per heavy atom. The van der Waals surface area contributed by atoms with E-state index in [2.05, 4.69) is 15.3 Å². The summed E-state index contributed by atoms with van der Waals surface area (Å²) in [5.41, 5.74) is 1.86. The quantitative estimate of drug-likeness (QED) is 0.916. The Labute approximate surface area is 124 Å². The molecule has 0 aliphatic carbocycles. The maximum Gasteiger partial charge on any atom is 0.416 e. The van der Waals surface area contributed by atoms with Gasteiger partial charge in [0.05, 0.1) is 23.4 Å². The Hall–Kier alpha value is -1.83. The monoisotopic (exact) mass is 317 g/mol. The predicted octanol–water partition coefficient (Wildman–Crippen LogP) is 3.53. The van der Waals surface area contributed by atoms with E-state index < -0.39 is 11.7 Å². The summed E-state index contributed by atoms with van der Waals surface area (Å²) in [7, 11) is 1.51. The molecule has 2 rings (SSSR count). The van der Waals surface area contributed by atoms with Gasteiger partial charge in [0.2, 0.25) is 5.88 Å². The number of hydrogen-bond acceptors (Lipinski definition) is 5. The van der Waals surface area contributed by atoms with Crippen LogP contribution in [0.25, 0.3) is 0 Å². The van der Waals surface area contributed by atoms with Crippen LogP contribution in [0.5, 0.6) is 5.88 Å². The van der Waals surface area contributed by atoms with Gasteiger partial charge in [-0.15, -0.1) is 11.3 Å². The van der Waals surface area contributed by atoms with Crippen molar-refractivity contribution in [2.45, 2.75) is 19.5 Å². The van der Waals surface area contributed by atoms with Crippen molar-refractivity contribution in [2.75, 3.05) is 19.0 Å². The first-order chi connectivity index (χ1) is 9.90. The van der Waals surface area contributed by atoms with E-state index in [-0.39, 0.29) is 18.3 Å². The van der Waals surface area contributed by atoms with Crippen LogP contribution in [-0.4, -0.2) is 23.6 Å². The number of nitrogens with zero attached hydrogens (tertiary/aromatic N) is 2. The molecule has 2 aromatic heterocycles. The van der Waals surface area contributed by atoms with E-state index in [1.807, 2.05) is 6.92 Å². The Morgan fingerprint density at radius 1 is 1.33 bits per heavy atom. The Bertz CT molecular complexity index is 613. The van der Waals surface area contributed by atoms with Crippen LogP contribution in [0.4, 0.5) is 19.0 Å². The van der Waals surface area contributed by atoms with Crippen LogP contribution < -0.4 is 10.1 Å². The molecule has 114 valence electrons. The molecule has 8 heteroatoms. The van der Waals surface area contributed by atoms with Crippen molar-refractivity contribution in [1.82, 2.24) is 9.97 Å². The Kier molecular flexibility index (Phi) is 4.66. The highest BCUT2D eigenvalue weighted by atomic mass is 32.1. The molecular weight excluding hydrogens is 303 g/mol. The zero-order valence-corrected chi connectivity index (χ0v) is 12.3. The molecule has 1 N–H and O–H groups in total. The number of halogens is 3. The first kappa shape index (κ1) is 15.6. The van der Waals surface area contributed by atoms with Crippen LogP contribution in [0.1, 0.15) is 16.1 Å². The predicted molar refractivity (Wildman–Crippen MR) is 74.8 cm³/mol. The Morgan fingerprint density at radius 3 is 2.67 bits per heavy atom. The Balaban J connectivity index is 2.07. The summed E-state index contributed by atoms with van der Waals surface area (Å²) in [6, 6.07) is 1.85. The zero-order chi connectivity index (χ0) is 15.5. The van der Waals surface area contributed by atoms with E-state index in [0.29, 0.717) is 6.42 Å². The molecule has 0 bridgehead atoms. The maximum absolute atomic E-state index is 12.8. The molecule has 0 aliphatic rings. The summed E-state index contributed by atoms with van der Waals surface area (Å²) in [6.07, 6.45) is -3.84. The number of anilines is 1. The molecule has 2 heterocycles. The maximum atomic E-state index is 12.8. The average Bonchev–Trinajstić information content (AvgIpc) is 2.83. The highest BCUT2D eigenvalue weighted by molar-refractivity contribution is 7.09. The highest BCUT2D eigenvalue weighted by Crippen LogP contribution is 2.32. The third kappa shape index (κ3) is 4.07. The van der Waals surface area contributed by atoms with Crippen LogP contribution in [0.2, 0.25) is 0 Å². The number of hydrogen-bond donors (Lipinski definition) is 1. The number of thiazole rings is 1. The standard InChI is InChI=1S/C13H14F3N3OS/c1-8-10(21-7-18-8)3-4-20-12-6-9(13(14,15)16)5-11(17-2)19-12/h5-7H,3-4H2,1-2H3,(H,17,19). The van der Waals surface area contributed by atoms with Gasteiger partial charge in [-0.1, -0.05) is 0 Å². The van der Waals surface area contributed by atoms with Gasteiger partial charge in [-0.25, -0.2) is 4.98 Å². The molecule has 4 nitrogen and oxygen atoms in total. The number of nitrogens with one attached hydrogen (secondary N) is 1. The molecule has 0 aromatic carbocycles. The minimum atomic E-state index is -4.43. The fraction of sp³-hybridized carbons (Fsp3) is 0.385. The summed E-state index contributed by atoms with van der Waals surface area (Å²) in [5.74, 6) is 0.0742. The fourth-order valence-electron chi connectivity index (χ4n) is 1.69. The lowest BCUT2D eigenvalue weighted by atomic mass is 10.2. The van der Waals surface area contributed by atoms with E-state index in [9.17, 15) is 13.2 Å². The molecule has 0 atom stereocenters. The van der Waals surface area contributed by atoms with E-state index in [1.165, 1.54) is 18.4 Å². The smallest absolute Gasteiger partial charge is 0.416 e. The van der Waals surface area contributed by atoms with Gasteiger partial charge in [0.1, 0.15) is 5.82 Å². The van der Waals surface area contributed by atoms with Gasteiger partial charge in [0, 0.05) is 24.4 Å². The second-order valence-electron chi connectivity index (χ2n) is 4.29. The number of rotatable bonds is 5. The summed E-state index contributed by atoms with van der Waals surface area (Å²) in [5, 5.41) is 2.59. The van der Waals surface area contributed by atoms with Crippen LogP contribution in [-0.2, 0) is 12.6 Å². The number of pyridine rings is 1. The lowest BCUT2D eigenvalue weighted by Gasteiger charge is -2.12. The van der Waals surface area contributed by atoms with E-state index >= 15 is 0 Å². The molecule has 0 saturated heterocycles. The van der Waals surface area contributed by atoms with Crippen LogP contribution in [0, 0.1) is 6.92 Å². The second-order valence-corrected chi connectivity index (χ2v) is 5.23. The molecule has 0 fully saturated rings. The molecule has 0 amide bonds. The minimum absolute atomic E-state index is 0.0451. The normalized spacial score (nSPS) is 11.5. The van der Waals surface area contributed by atoms with Crippen LogP contribution in [0.15, 0.2) is 17.6 Å². The van der Waals surface area contributed by atoms with Crippen molar-refractivity contribution in [3.05, 3.63) is 33.8 Å². The second kappa shape index (κ2) is 6.30. The number of aromatic nitrogens is 2. The van der Waals surface area contributed by atoms with Crippen molar-refractivity contribution in [1.29, 1.82) is 0 Å². The van der Waals surface area contributed by atoms with Gasteiger partial charge in [-0.05, 0) is 13.0 Å². The lowest BCUT2D eigenvalue weighted by Crippen LogP contribution is -2.09. The molecular formula is C13H14F3N3OS. The first-order valence-electron chi connectivity index (χ1n) is 6.19. The van der Waals surface area contributed by atoms with Crippen molar-refractivity contribution in [3.8, 4) is 5.88 Å². The van der Waals surface area contributed by atoms with Crippen LogP contribution >= 0.6 is 11.3 Å². The van der Waals surface area contributed by atoms with Crippen molar-refractivity contribution in [2.24, 2.45) is 0 Å². The van der Waals surface area contributed by atoms with Crippen molar-refractivity contribution < 1.29 is 17.9 Å². The molecule has 0 spiro atoms. The average molecular weight is 317 g/mol. The summed E-state index contributed by atoms with van der Waals surface area (Å²) >= 11 is 1.50. The first-order valence-corrected chi connectivity index (χ1v) is 7.07. The molecule has 0 radical (unpaired) electrons. The van der Waals surface area contributed by atoms with E-state index in [1.54, 1.807) is 5.51 Å². The number of alkyl halides is 3. The molecule has 2 aromatic rings. The highest BCUT2D eigenvalue weighted by Gasteiger charge is 2.31. The van der Waals surface area contributed by atoms with Gasteiger partial charge >= 0.3 is 6.18 Å². The van der Waals surface area contributed by atoms with Gasteiger partial charge < -0.3 is 10.1 Å². The van der Waals surface area contributed by atoms with Crippen molar-refractivity contribution >= 4 is 17.2 Å². The van der Waals surface area contributed by atoms with Gasteiger partial charge in [0.15, 0.2) is 0 Å². The number of ether oxygens (including phenoxy) is 1. The SMILES string of the molecule is CNc1cc(C(F)(F)F)cc(OCCc2scnc2C)n1. The summed E-state index contributed by atoms with van der Waals surface area (Å²) in [4.78, 5) is 9.12. The molecule has 0 saturated carbocycles. The van der Waals surface area contributed by atoms with Gasteiger partial charge in [-0.3, -0.25) is 0 Å². The lowest BCUT2D eigenvalue weighted by molar-refractivity contribution is -0.137. The zero-order valence-electron chi connectivity index (χ0n) is 11.5. The van der Waals surface area contributed by atoms with Crippen molar-refractivity contribution in [3.63, 3.8) is 0 Å². The fourth-order valence-corrected chi connectivity index (χ4v) is 2.45. The van der Waals surface area contributed by atoms with E-state index in [4.69, 9.17) is 4.74 Å². The molecule has 0 unspecified atom stereocenters. The third-order valence-corrected chi connectivity index (χ3v) is 3.80. The van der Waals surface area contributed by atoms with E-state index in [0.717, 1.165) is 22.7 Å². The minimum Gasteiger partial charge on any atom is -0.477 e. The van der Waals surface area contributed by atoms with Crippen LogP contribution in [0.3, 0.4) is 0 Å². The third-order valence-electron chi connectivity index (χ3n) is 2.81.